The number of nitrogens with zero attached hydrogens (tertiary/aromatic N) is 4. The van der Waals surface area contributed by atoms with E-state index < -0.39 is 0 Å². The van der Waals surface area contributed by atoms with Gasteiger partial charge in [0.05, 0.1) is 18.8 Å². The van der Waals surface area contributed by atoms with Crippen molar-refractivity contribution in [2.24, 2.45) is 4.99 Å². The molecule has 1 amide bonds. The number of anilines is 2. The average molecular weight is 325 g/mol. The molecule has 2 aromatic heterocycles. The maximum Gasteiger partial charge on any atom is 0.225 e. The van der Waals surface area contributed by atoms with E-state index in [9.17, 15) is 4.79 Å². The molecule has 0 radical (unpaired) electrons. The second-order valence-corrected chi connectivity index (χ2v) is 5.40. The third-order valence-electron chi connectivity index (χ3n) is 3.78. The van der Waals surface area contributed by atoms with Gasteiger partial charge in [0.15, 0.2) is 5.76 Å². The van der Waals surface area contributed by atoms with Crippen molar-refractivity contribution in [3.05, 3.63) is 41.8 Å². The SMILES string of the molecule is O=C1CCc2c(NCc3cc(C4=NC=CNC4)no3)ncnc2N1. The minimum Gasteiger partial charge on any atom is -0.384 e. The molecule has 0 aromatic carbocycles. The summed E-state index contributed by atoms with van der Waals surface area (Å²) in [6.07, 6.45) is 5.94. The van der Waals surface area contributed by atoms with Crippen LogP contribution in [0, 0.1) is 0 Å². The molecule has 0 unspecified atom stereocenters. The first kappa shape index (κ1) is 14.4. The molecule has 122 valence electrons. The Kier molecular flexibility index (Phi) is 3.66. The van der Waals surface area contributed by atoms with Gasteiger partial charge in [-0.25, -0.2) is 9.97 Å². The smallest absolute Gasteiger partial charge is 0.225 e. The number of carbonyl (C=O) groups is 1. The quantitative estimate of drug-likeness (QED) is 0.762. The standard InChI is InChI=1S/C15H15N7O2/c23-13-2-1-10-14(19-8-20-15(10)21-13)18-6-9-5-11(22-24-9)12-7-16-3-4-17-12/h3-5,8,16H,1-2,6-7H2,(H2,18,19,20,21,23). The van der Waals surface area contributed by atoms with Gasteiger partial charge in [-0.05, 0) is 6.42 Å². The third-order valence-corrected chi connectivity index (χ3v) is 3.78. The molecule has 0 atom stereocenters. The molecule has 9 heteroatoms. The van der Waals surface area contributed by atoms with Crippen LogP contribution in [0.3, 0.4) is 0 Å². The summed E-state index contributed by atoms with van der Waals surface area (Å²) in [5.41, 5.74) is 2.44. The number of hydrogen-bond acceptors (Lipinski definition) is 8. The maximum atomic E-state index is 11.4. The van der Waals surface area contributed by atoms with Crippen molar-refractivity contribution in [3.63, 3.8) is 0 Å². The predicted octanol–water partition coefficient (Wildman–Crippen LogP) is 0.825. The zero-order valence-corrected chi connectivity index (χ0v) is 12.7. The second-order valence-electron chi connectivity index (χ2n) is 5.40. The Morgan fingerprint density at radius 3 is 3.12 bits per heavy atom. The summed E-state index contributed by atoms with van der Waals surface area (Å²) >= 11 is 0. The van der Waals surface area contributed by atoms with Gasteiger partial charge in [-0.3, -0.25) is 9.79 Å². The Hall–Kier alpha value is -3.23. The van der Waals surface area contributed by atoms with Gasteiger partial charge in [-0.15, -0.1) is 0 Å². The molecule has 0 aliphatic carbocycles. The minimum atomic E-state index is -0.0251. The highest BCUT2D eigenvalue weighted by molar-refractivity contribution is 6.01. The lowest BCUT2D eigenvalue weighted by Gasteiger charge is -2.18. The maximum absolute atomic E-state index is 11.4. The van der Waals surface area contributed by atoms with Crippen LogP contribution in [0.2, 0.25) is 0 Å². The van der Waals surface area contributed by atoms with E-state index in [1.165, 1.54) is 6.33 Å². The van der Waals surface area contributed by atoms with Crippen molar-refractivity contribution in [2.75, 3.05) is 17.2 Å². The number of carbonyl (C=O) groups excluding carboxylic acids is 1. The topological polar surface area (TPSA) is 117 Å². The molecule has 4 heterocycles. The molecule has 0 spiro atoms. The van der Waals surface area contributed by atoms with E-state index in [0.717, 1.165) is 11.3 Å². The lowest BCUT2D eigenvalue weighted by molar-refractivity contribution is -0.116. The fraction of sp³-hybridized carbons (Fsp3) is 0.267. The highest BCUT2D eigenvalue weighted by Crippen LogP contribution is 2.25. The Balaban J connectivity index is 1.47. The molecular weight excluding hydrogens is 310 g/mol. The molecule has 0 saturated carbocycles. The van der Waals surface area contributed by atoms with Gasteiger partial charge >= 0.3 is 0 Å². The number of amides is 1. The predicted molar refractivity (Wildman–Crippen MR) is 86.5 cm³/mol. The number of nitrogens with one attached hydrogen (secondary N) is 3. The van der Waals surface area contributed by atoms with Gasteiger partial charge in [0.2, 0.25) is 5.91 Å². The fourth-order valence-corrected chi connectivity index (χ4v) is 2.58. The summed E-state index contributed by atoms with van der Waals surface area (Å²) in [5.74, 6) is 1.91. The van der Waals surface area contributed by atoms with E-state index in [2.05, 4.69) is 36.1 Å². The summed E-state index contributed by atoms with van der Waals surface area (Å²) in [5, 5.41) is 13.1. The Labute approximate surface area is 137 Å². The Morgan fingerprint density at radius 2 is 2.25 bits per heavy atom. The Morgan fingerprint density at radius 1 is 1.29 bits per heavy atom. The first-order valence-electron chi connectivity index (χ1n) is 7.58. The van der Waals surface area contributed by atoms with Crippen molar-refractivity contribution in [3.8, 4) is 0 Å². The molecule has 24 heavy (non-hydrogen) atoms. The Bertz CT molecular complexity index is 840. The number of hydrogen-bond donors (Lipinski definition) is 3. The van der Waals surface area contributed by atoms with Crippen LogP contribution >= 0.6 is 0 Å². The average Bonchev–Trinajstić information content (AvgIpc) is 3.09. The third kappa shape index (κ3) is 2.83. The number of aliphatic imine (C=N–C) groups is 1. The summed E-state index contributed by atoms with van der Waals surface area (Å²) in [6.45, 7) is 1.05. The van der Waals surface area contributed by atoms with Crippen molar-refractivity contribution in [1.29, 1.82) is 0 Å². The highest BCUT2D eigenvalue weighted by Gasteiger charge is 2.20. The van der Waals surface area contributed by atoms with Crippen LogP contribution in [0.15, 0.2) is 34.3 Å². The van der Waals surface area contributed by atoms with Crippen molar-refractivity contribution in [1.82, 2.24) is 20.4 Å². The minimum absolute atomic E-state index is 0.0251. The van der Waals surface area contributed by atoms with Crippen molar-refractivity contribution < 1.29 is 9.32 Å². The molecular formula is C15H15N7O2. The molecule has 2 aliphatic rings. The monoisotopic (exact) mass is 325 g/mol. The van der Waals surface area contributed by atoms with E-state index in [1.54, 1.807) is 12.4 Å². The van der Waals surface area contributed by atoms with Crippen LogP contribution in [0.4, 0.5) is 11.6 Å². The van der Waals surface area contributed by atoms with Crippen molar-refractivity contribution >= 4 is 23.3 Å². The molecule has 0 fully saturated rings. The zero-order valence-electron chi connectivity index (χ0n) is 12.7. The van der Waals surface area contributed by atoms with Gasteiger partial charge < -0.3 is 20.5 Å². The molecule has 4 rings (SSSR count). The van der Waals surface area contributed by atoms with E-state index in [4.69, 9.17) is 4.52 Å². The summed E-state index contributed by atoms with van der Waals surface area (Å²) in [7, 11) is 0. The van der Waals surface area contributed by atoms with Crippen LogP contribution in [0.5, 0.6) is 0 Å². The van der Waals surface area contributed by atoms with Crippen LogP contribution < -0.4 is 16.0 Å². The van der Waals surface area contributed by atoms with E-state index in [-0.39, 0.29) is 5.91 Å². The fourth-order valence-electron chi connectivity index (χ4n) is 2.58. The molecule has 3 N–H and O–H groups in total. The highest BCUT2D eigenvalue weighted by atomic mass is 16.5. The van der Waals surface area contributed by atoms with Crippen LogP contribution in [0.1, 0.15) is 23.4 Å². The first-order valence-corrected chi connectivity index (χ1v) is 7.58. The van der Waals surface area contributed by atoms with E-state index in [1.807, 2.05) is 6.07 Å². The molecule has 2 aliphatic heterocycles. The largest absolute Gasteiger partial charge is 0.384 e. The van der Waals surface area contributed by atoms with Crippen LogP contribution in [-0.2, 0) is 17.8 Å². The van der Waals surface area contributed by atoms with Crippen molar-refractivity contribution in [2.45, 2.75) is 19.4 Å². The van der Waals surface area contributed by atoms with Crippen LogP contribution in [0.25, 0.3) is 0 Å². The number of rotatable bonds is 4. The summed E-state index contributed by atoms with van der Waals surface area (Å²) in [4.78, 5) is 24.1. The van der Waals surface area contributed by atoms with Crippen LogP contribution in [-0.4, -0.2) is 33.3 Å². The van der Waals surface area contributed by atoms with Gasteiger partial charge in [0.1, 0.15) is 23.7 Å². The summed E-state index contributed by atoms with van der Waals surface area (Å²) < 4.78 is 5.34. The molecule has 9 nitrogen and oxygen atoms in total. The normalized spacial score (nSPS) is 16.0. The number of fused-ring (bicyclic) bond motifs is 1. The number of aromatic nitrogens is 3. The lowest BCUT2D eigenvalue weighted by Crippen LogP contribution is -2.22. The van der Waals surface area contributed by atoms with Gasteiger partial charge in [-0.1, -0.05) is 5.16 Å². The zero-order chi connectivity index (χ0) is 16.4. The second kappa shape index (κ2) is 6.11. The van der Waals surface area contributed by atoms with Gasteiger partial charge in [0, 0.05) is 30.5 Å². The van der Waals surface area contributed by atoms with Gasteiger partial charge in [-0.2, -0.15) is 0 Å². The van der Waals surface area contributed by atoms with Gasteiger partial charge in [0.25, 0.3) is 0 Å². The molecule has 0 saturated heterocycles. The van der Waals surface area contributed by atoms with E-state index >= 15 is 0 Å². The lowest BCUT2D eigenvalue weighted by atomic mass is 10.1. The van der Waals surface area contributed by atoms with E-state index in [0.29, 0.717) is 49.0 Å². The summed E-state index contributed by atoms with van der Waals surface area (Å²) in [6, 6.07) is 1.85. The molecule has 0 bridgehead atoms. The first-order chi connectivity index (χ1) is 11.8. The molecule has 2 aromatic rings.